The smallest absolute Gasteiger partial charge is 0.359 e. The van der Waals surface area contributed by atoms with Gasteiger partial charge in [0.1, 0.15) is 5.82 Å². The van der Waals surface area contributed by atoms with E-state index in [1.807, 2.05) is 0 Å². The fraction of sp³-hybridized carbons (Fsp3) is 0.600. The van der Waals surface area contributed by atoms with Crippen LogP contribution in [-0.2, 0) is 6.18 Å². The summed E-state index contributed by atoms with van der Waals surface area (Å²) in [4.78, 5) is 8.92. The normalized spacial score (nSPS) is 15.6. The van der Waals surface area contributed by atoms with Crippen molar-refractivity contribution in [3.63, 3.8) is 0 Å². The topological polar surface area (TPSA) is 67.1 Å². The van der Waals surface area contributed by atoms with Gasteiger partial charge in [0.25, 0.3) is 0 Å². The van der Waals surface area contributed by atoms with Crippen molar-refractivity contribution in [2.75, 3.05) is 23.9 Å². The van der Waals surface area contributed by atoms with E-state index in [1.165, 1.54) is 0 Å². The maximum atomic E-state index is 12.6. The largest absolute Gasteiger partial charge is 0.433 e. The van der Waals surface area contributed by atoms with Gasteiger partial charge < -0.3 is 4.90 Å². The lowest BCUT2D eigenvalue weighted by Gasteiger charge is -2.19. The number of alkyl halides is 3. The molecule has 0 atom stereocenters. The fourth-order valence-corrected chi connectivity index (χ4v) is 1.62. The van der Waals surface area contributed by atoms with E-state index in [1.54, 1.807) is 11.9 Å². The molecule has 0 spiro atoms. The summed E-state index contributed by atoms with van der Waals surface area (Å²) in [7, 11) is 1.71. The lowest BCUT2D eigenvalue weighted by atomic mass is 10.3. The minimum Gasteiger partial charge on any atom is -0.359 e. The van der Waals surface area contributed by atoms with E-state index in [0.29, 0.717) is 12.5 Å². The molecule has 8 heteroatoms. The molecule has 1 aromatic rings. The highest BCUT2D eigenvalue weighted by molar-refractivity contribution is 5.44. The standard InChI is InChI=1S/C10H14F3N5/c1-18(5-6-2-3-6)8-4-7(10(11,12)13)15-9(16-8)17-14/h4,6H,2-3,5,14H2,1H3,(H,15,16,17). The van der Waals surface area contributed by atoms with Crippen LogP contribution in [-0.4, -0.2) is 23.6 Å². The zero-order valence-corrected chi connectivity index (χ0v) is 9.83. The number of hydrazine groups is 1. The Hall–Kier alpha value is -1.57. The molecule has 0 aliphatic heterocycles. The monoisotopic (exact) mass is 261 g/mol. The summed E-state index contributed by atoms with van der Waals surface area (Å²) >= 11 is 0. The minimum absolute atomic E-state index is 0.220. The predicted octanol–water partition coefficient (Wildman–Crippen LogP) is 1.63. The fourth-order valence-electron chi connectivity index (χ4n) is 1.62. The second-order valence-corrected chi connectivity index (χ2v) is 4.40. The van der Waals surface area contributed by atoms with Gasteiger partial charge in [-0.05, 0) is 18.8 Å². The maximum Gasteiger partial charge on any atom is 0.433 e. The molecule has 0 unspecified atom stereocenters. The van der Waals surface area contributed by atoms with Gasteiger partial charge in [0.15, 0.2) is 5.69 Å². The van der Waals surface area contributed by atoms with Gasteiger partial charge in [-0.15, -0.1) is 0 Å². The zero-order valence-electron chi connectivity index (χ0n) is 9.83. The second-order valence-electron chi connectivity index (χ2n) is 4.40. The first-order chi connectivity index (χ1) is 8.40. The Morgan fingerprint density at radius 3 is 2.61 bits per heavy atom. The van der Waals surface area contributed by atoms with Gasteiger partial charge >= 0.3 is 6.18 Å². The molecule has 0 saturated heterocycles. The molecule has 2 rings (SSSR count). The Bertz CT molecular complexity index is 430. The Morgan fingerprint density at radius 2 is 2.11 bits per heavy atom. The summed E-state index contributed by atoms with van der Waals surface area (Å²) in [5.74, 6) is 5.62. The highest BCUT2D eigenvalue weighted by atomic mass is 19.4. The summed E-state index contributed by atoms with van der Waals surface area (Å²) in [6, 6.07) is 0.934. The number of anilines is 2. The third kappa shape index (κ3) is 3.00. The van der Waals surface area contributed by atoms with E-state index in [2.05, 4.69) is 15.4 Å². The number of rotatable bonds is 4. The van der Waals surface area contributed by atoms with E-state index in [4.69, 9.17) is 5.84 Å². The van der Waals surface area contributed by atoms with Crippen molar-refractivity contribution in [1.82, 2.24) is 9.97 Å². The van der Waals surface area contributed by atoms with Crippen molar-refractivity contribution < 1.29 is 13.2 Å². The molecule has 5 nitrogen and oxygen atoms in total. The van der Waals surface area contributed by atoms with Crippen LogP contribution < -0.4 is 16.2 Å². The molecule has 0 radical (unpaired) electrons. The van der Waals surface area contributed by atoms with Crippen molar-refractivity contribution >= 4 is 11.8 Å². The SMILES string of the molecule is CN(CC1CC1)c1cc(C(F)(F)F)nc(NN)n1. The van der Waals surface area contributed by atoms with Crippen LogP contribution in [0.15, 0.2) is 6.07 Å². The summed E-state index contributed by atoms with van der Waals surface area (Å²) in [5.41, 5.74) is 1.06. The molecule has 0 aromatic carbocycles. The highest BCUT2D eigenvalue weighted by Crippen LogP contribution is 2.33. The molecule has 1 fully saturated rings. The minimum atomic E-state index is -4.51. The average molecular weight is 261 g/mol. The Kier molecular flexibility index (Phi) is 3.29. The van der Waals surface area contributed by atoms with Crippen LogP contribution in [0.2, 0.25) is 0 Å². The van der Waals surface area contributed by atoms with Crippen molar-refractivity contribution in [2.24, 2.45) is 11.8 Å². The number of aromatic nitrogens is 2. The number of hydrogen-bond donors (Lipinski definition) is 2. The number of hydrogen-bond acceptors (Lipinski definition) is 5. The van der Waals surface area contributed by atoms with Crippen LogP contribution in [0.4, 0.5) is 24.9 Å². The summed E-state index contributed by atoms with van der Waals surface area (Å²) in [6.07, 6.45) is -2.28. The second kappa shape index (κ2) is 4.60. The average Bonchev–Trinajstić information content (AvgIpc) is 3.11. The van der Waals surface area contributed by atoms with E-state index in [-0.39, 0.29) is 11.8 Å². The van der Waals surface area contributed by atoms with Gasteiger partial charge in [-0.1, -0.05) is 0 Å². The van der Waals surface area contributed by atoms with E-state index >= 15 is 0 Å². The molecular formula is C10H14F3N5. The van der Waals surface area contributed by atoms with Crippen molar-refractivity contribution in [3.8, 4) is 0 Å². The van der Waals surface area contributed by atoms with Gasteiger partial charge in [-0.25, -0.2) is 10.8 Å². The number of nitrogens with one attached hydrogen (secondary N) is 1. The molecule has 1 aromatic heterocycles. The molecule has 18 heavy (non-hydrogen) atoms. The molecular weight excluding hydrogens is 247 g/mol. The maximum absolute atomic E-state index is 12.6. The van der Waals surface area contributed by atoms with Crippen LogP contribution in [0.1, 0.15) is 18.5 Å². The first kappa shape index (κ1) is 12.9. The van der Waals surface area contributed by atoms with E-state index in [0.717, 1.165) is 18.9 Å². The lowest BCUT2D eigenvalue weighted by Crippen LogP contribution is -2.24. The zero-order chi connectivity index (χ0) is 13.3. The molecule has 100 valence electrons. The van der Waals surface area contributed by atoms with Gasteiger partial charge in [-0.3, -0.25) is 5.43 Å². The number of nitrogen functional groups attached to an aromatic ring is 1. The molecule has 0 bridgehead atoms. The van der Waals surface area contributed by atoms with Gasteiger partial charge in [0.05, 0.1) is 0 Å². The van der Waals surface area contributed by atoms with Crippen LogP contribution in [0.5, 0.6) is 0 Å². The van der Waals surface area contributed by atoms with Crippen LogP contribution in [0.3, 0.4) is 0 Å². The molecule has 3 N–H and O–H groups in total. The first-order valence-corrected chi connectivity index (χ1v) is 5.54. The highest BCUT2D eigenvalue weighted by Gasteiger charge is 2.34. The van der Waals surface area contributed by atoms with Crippen molar-refractivity contribution in [3.05, 3.63) is 11.8 Å². The van der Waals surface area contributed by atoms with E-state index < -0.39 is 11.9 Å². The third-order valence-electron chi connectivity index (χ3n) is 2.75. The van der Waals surface area contributed by atoms with Crippen molar-refractivity contribution in [1.29, 1.82) is 0 Å². The summed E-state index contributed by atoms with van der Waals surface area (Å²) in [6.45, 7) is 0.693. The summed E-state index contributed by atoms with van der Waals surface area (Å²) < 4.78 is 37.9. The quantitative estimate of drug-likeness (QED) is 0.637. The molecule has 1 aliphatic rings. The first-order valence-electron chi connectivity index (χ1n) is 5.54. The van der Waals surface area contributed by atoms with Crippen LogP contribution in [0.25, 0.3) is 0 Å². The Balaban J connectivity index is 2.27. The van der Waals surface area contributed by atoms with Crippen molar-refractivity contribution in [2.45, 2.75) is 19.0 Å². The van der Waals surface area contributed by atoms with E-state index in [9.17, 15) is 13.2 Å². The van der Waals surface area contributed by atoms with Gasteiger partial charge in [0, 0.05) is 19.7 Å². The number of halogens is 3. The third-order valence-corrected chi connectivity index (χ3v) is 2.75. The summed E-state index contributed by atoms with van der Waals surface area (Å²) in [5, 5.41) is 0. The van der Waals surface area contributed by atoms with Gasteiger partial charge in [0.2, 0.25) is 5.95 Å². The number of nitrogens with zero attached hydrogens (tertiary/aromatic N) is 3. The van der Waals surface area contributed by atoms with Crippen LogP contribution >= 0.6 is 0 Å². The molecule has 1 aliphatic carbocycles. The number of nitrogens with two attached hydrogens (primary N) is 1. The molecule has 0 amide bonds. The molecule has 1 saturated carbocycles. The van der Waals surface area contributed by atoms with Gasteiger partial charge in [-0.2, -0.15) is 18.2 Å². The lowest BCUT2D eigenvalue weighted by molar-refractivity contribution is -0.141. The predicted molar refractivity (Wildman–Crippen MR) is 60.8 cm³/mol. The Morgan fingerprint density at radius 1 is 1.44 bits per heavy atom. The molecule has 1 heterocycles. The van der Waals surface area contributed by atoms with Crippen LogP contribution in [0, 0.1) is 5.92 Å². The Labute approximate surface area is 102 Å².